The van der Waals surface area contributed by atoms with Gasteiger partial charge in [0.2, 0.25) is 5.91 Å². The molecular formula is C25H43N3O2. The van der Waals surface area contributed by atoms with Crippen molar-refractivity contribution in [1.29, 1.82) is 0 Å². The van der Waals surface area contributed by atoms with Crippen LogP contribution in [-0.4, -0.2) is 37.2 Å². The highest BCUT2D eigenvalue weighted by Gasteiger charge is 2.12. The van der Waals surface area contributed by atoms with Gasteiger partial charge in [0.05, 0.1) is 5.76 Å². The highest BCUT2D eigenvalue weighted by atomic mass is 16.3. The van der Waals surface area contributed by atoms with Crippen LogP contribution in [0.2, 0.25) is 0 Å². The monoisotopic (exact) mass is 417 g/mol. The lowest BCUT2D eigenvalue weighted by Crippen LogP contribution is -2.27. The van der Waals surface area contributed by atoms with Crippen molar-refractivity contribution in [2.24, 2.45) is 0 Å². The van der Waals surface area contributed by atoms with E-state index >= 15 is 0 Å². The molecule has 170 valence electrons. The molecule has 0 radical (unpaired) electrons. The summed E-state index contributed by atoms with van der Waals surface area (Å²) in [6, 6.07) is 8.91. The SMILES string of the molecule is C=C(O)CCCCC(=O)NCCCNCCCCNCc1ccc(C(C)(C)C)cc1. The van der Waals surface area contributed by atoms with Gasteiger partial charge >= 0.3 is 0 Å². The number of aliphatic hydroxyl groups excluding tert-OH is 1. The standard InChI is InChI=1S/C25H43N3O2/c1-21(29)10-5-6-11-24(30)28-19-9-18-26-16-7-8-17-27-20-22-12-14-23(15-13-22)25(2,3)4/h12-15,26-27,29H,1,5-11,16-20H2,2-4H3,(H,28,30). The summed E-state index contributed by atoms with van der Waals surface area (Å²) in [6.45, 7) is 14.8. The van der Waals surface area contributed by atoms with Gasteiger partial charge in [-0.05, 0) is 68.3 Å². The average Bonchev–Trinajstić information content (AvgIpc) is 2.69. The van der Waals surface area contributed by atoms with Gasteiger partial charge in [-0.1, -0.05) is 51.6 Å². The quantitative estimate of drug-likeness (QED) is 0.235. The smallest absolute Gasteiger partial charge is 0.219 e. The molecule has 0 bridgehead atoms. The molecule has 5 heteroatoms. The van der Waals surface area contributed by atoms with Crippen molar-refractivity contribution in [2.75, 3.05) is 26.2 Å². The van der Waals surface area contributed by atoms with E-state index < -0.39 is 0 Å². The van der Waals surface area contributed by atoms with Crippen LogP contribution in [0.25, 0.3) is 0 Å². The maximum absolute atomic E-state index is 11.7. The zero-order valence-electron chi connectivity index (χ0n) is 19.4. The summed E-state index contributed by atoms with van der Waals surface area (Å²) in [5.74, 6) is 0.292. The molecule has 0 aromatic heterocycles. The molecule has 1 amide bonds. The van der Waals surface area contributed by atoms with Crippen molar-refractivity contribution in [3.8, 4) is 0 Å². The van der Waals surface area contributed by atoms with Crippen molar-refractivity contribution in [3.05, 3.63) is 47.7 Å². The number of allylic oxidation sites excluding steroid dienone is 1. The van der Waals surface area contributed by atoms with E-state index in [0.717, 1.165) is 58.3 Å². The molecule has 0 unspecified atom stereocenters. The molecule has 0 atom stereocenters. The fourth-order valence-electron chi connectivity index (χ4n) is 3.12. The predicted octanol–water partition coefficient (Wildman–Crippen LogP) is 4.58. The third-order valence-electron chi connectivity index (χ3n) is 5.08. The minimum atomic E-state index is 0.0951. The Morgan fingerprint density at radius 1 is 0.867 bits per heavy atom. The van der Waals surface area contributed by atoms with Gasteiger partial charge in [-0.25, -0.2) is 0 Å². The fraction of sp³-hybridized carbons (Fsp3) is 0.640. The Bertz CT molecular complexity index is 606. The van der Waals surface area contributed by atoms with E-state index in [2.05, 4.69) is 67.6 Å². The molecule has 0 aliphatic rings. The molecule has 4 N–H and O–H groups in total. The van der Waals surface area contributed by atoms with Crippen LogP contribution in [0, 0.1) is 0 Å². The van der Waals surface area contributed by atoms with E-state index in [-0.39, 0.29) is 17.1 Å². The van der Waals surface area contributed by atoms with Crippen molar-refractivity contribution in [1.82, 2.24) is 16.0 Å². The van der Waals surface area contributed by atoms with E-state index in [9.17, 15) is 4.79 Å². The molecule has 0 aliphatic heterocycles. The van der Waals surface area contributed by atoms with E-state index in [1.807, 2.05) is 0 Å². The lowest BCUT2D eigenvalue weighted by molar-refractivity contribution is -0.121. The Hall–Kier alpha value is -1.85. The maximum atomic E-state index is 11.7. The predicted molar refractivity (Wildman–Crippen MR) is 127 cm³/mol. The number of amides is 1. The molecule has 0 fully saturated rings. The van der Waals surface area contributed by atoms with Crippen LogP contribution in [0.3, 0.4) is 0 Å². The topological polar surface area (TPSA) is 73.4 Å². The number of nitrogens with one attached hydrogen (secondary N) is 3. The van der Waals surface area contributed by atoms with E-state index in [0.29, 0.717) is 19.4 Å². The van der Waals surface area contributed by atoms with Crippen molar-refractivity contribution in [2.45, 2.75) is 77.7 Å². The number of benzene rings is 1. The molecule has 1 aromatic carbocycles. The number of carbonyl (C=O) groups is 1. The van der Waals surface area contributed by atoms with Gasteiger partial charge in [-0.15, -0.1) is 0 Å². The molecule has 30 heavy (non-hydrogen) atoms. The summed E-state index contributed by atoms with van der Waals surface area (Å²) in [6.07, 6.45) is 5.96. The first kappa shape index (κ1) is 26.2. The second kappa shape index (κ2) is 15.0. The zero-order valence-corrected chi connectivity index (χ0v) is 19.4. The largest absolute Gasteiger partial charge is 0.513 e. The zero-order chi connectivity index (χ0) is 22.2. The lowest BCUT2D eigenvalue weighted by Gasteiger charge is -2.19. The highest BCUT2D eigenvalue weighted by molar-refractivity contribution is 5.75. The number of hydrogen-bond donors (Lipinski definition) is 4. The Morgan fingerprint density at radius 3 is 2.10 bits per heavy atom. The van der Waals surface area contributed by atoms with Gasteiger partial charge < -0.3 is 21.1 Å². The van der Waals surface area contributed by atoms with Crippen LogP contribution in [-0.2, 0) is 16.8 Å². The summed E-state index contributed by atoms with van der Waals surface area (Å²) in [5, 5.41) is 18.9. The summed E-state index contributed by atoms with van der Waals surface area (Å²) in [7, 11) is 0. The molecule has 0 aliphatic carbocycles. The number of unbranched alkanes of at least 4 members (excludes halogenated alkanes) is 2. The second-order valence-corrected chi connectivity index (χ2v) is 9.06. The van der Waals surface area contributed by atoms with Gasteiger partial charge in [0.1, 0.15) is 0 Å². The summed E-state index contributed by atoms with van der Waals surface area (Å²) < 4.78 is 0. The summed E-state index contributed by atoms with van der Waals surface area (Å²) in [4.78, 5) is 11.7. The first-order valence-electron chi connectivity index (χ1n) is 11.4. The van der Waals surface area contributed by atoms with Crippen molar-refractivity contribution in [3.63, 3.8) is 0 Å². The number of aliphatic hydroxyl groups is 1. The lowest BCUT2D eigenvalue weighted by atomic mass is 9.87. The minimum absolute atomic E-state index is 0.0951. The second-order valence-electron chi connectivity index (χ2n) is 9.06. The van der Waals surface area contributed by atoms with Gasteiger partial charge in [0, 0.05) is 25.9 Å². The molecule has 1 aromatic rings. The first-order chi connectivity index (χ1) is 14.3. The Morgan fingerprint density at radius 2 is 1.47 bits per heavy atom. The summed E-state index contributed by atoms with van der Waals surface area (Å²) >= 11 is 0. The van der Waals surface area contributed by atoms with Gasteiger partial charge in [0.15, 0.2) is 0 Å². The van der Waals surface area contributed by atoms with Crippen LogP contribution in [0.15, 0.2) is 36.6 Å². The Balaban J connectivity index is 1.90. The van der Waals surface area contributed by atoms with Crippen molar-refractivity contribution < 1.29 is 9.90 Å². The molecular weight excluding hydrogens is 374 g/mol. The normalized spacial score (nSPS) is 11.4. The molecule has 0 spiro atoms. The number of rotatable bonds is 16. The maximum Gasteiger partial charge on any atom is 0.219 e. The Labute approximate surface area is 183 Å². The number of hydrogen-bond acceptors (Lipinski definition) is 4. The highest BCUT2D eigenvalue weighted by Crippen LogP contribution is 2.22. The Kier molecular flexibility index (Phi) is 13.1. The third-order valence-corrected chi connectivity index (χ3v) is 5.08. The summed E-state index contributed by atoms with van der Waals surface area (Å²) in [5.41, 5.74) is 2.92. The third kappa shape index (κ3) is 13.4. The van der Waals surface area contributed by atoms with Gasteiger partial charge in [-0.2, -0.15) is 0 Å². The molecule has 0 saturated heterocycles. The average molecular weight is 418 g/mol. The van der Waals surface area contributed by atoms with Gasteiger partial charge in [0.25, 0.3) is 0 Å². The van der Waals surface area contributed by atoms with Crippen LogP contribution < -0.4 is 16.0 Å². The van der Waals surface area contributed by atoms with Crippen LogP contribution in [0.1, 0.15) is 76.8 Å². The molecule has 5 nitrogen and oxygen atoms in total. The number of carbonyl (C=O) groups excluding carboxylic acids is 1. The minimum Gasteiger partial charge on any atom is -0.513 e. The van der Waals surface area contributed by atoms with E-state index in [4.69, 9.17) is 5.11 Å². The van der Waals surface area contributed by atoms with E-state index in [1.54, 1.807) is 0 Å². The molecule has 1 rings (SSSR count). The van der Waals surface area contributed by atoms with Gasteiger partial charge in [-0.3, -0.25) is 4.79 Å². The molecule has 0 saturated carbocycles. The molecule has 0 heterocycles. The fourth-order valence-corrected chi connectivity index (χ4v) is 3.12. The van der Waals surface area contributed by atoms with Crippen LogP contribution in [0.4, 0.5) is 0 Å². The van der Waals surface area contributed by atoms with Crippen LogP contribution >= 0.6 is 0 Å². The first-order valence-corrected chi connectivity index (χ1v) is 11.4. The van der Waals surface area contributed by atoms with E-state index in [1.165, 1.54) is 11.1 Å². The van der Waals surface area contributed by atoms with Crippen LogP contribution in [0.5, 0.6) is 0 Å². The van der Waals surface area contributed by atoms with Crippen molar-refractivity contribution >= 4 is 5.91 Å².